The zero-order chi connectivity index (χ0) is 14.5. The van der Waals surface area contributed by atoms with E-state index in [4.69, 9.17) is 10.6 Å². The van der Waals surface area contributed by atoms with Crippen molar-refractivity contribution in [2.45, 2.75) is 25.8 Å². The van der Waals surface area contributed by atoms with Crippen LogP contribution in [0.15, 0.2) is 34.8 Å². The van der Waals surface area contributed by atoms with E-state index in [1.165, 1.54) is 9.75 Å². The lowest BCUT2D eigenvalue weighted by atomic mass is 10.0. The van der Waals surface area contributed by atoms with Gasteiger partial charge in [0.25, 0.3) is 0 Å². The number of methoxy groups -OCH3 is 1. The molecule has 3 N–H and O–H groups in total. The molecule has 0 amide bonds. The second-order valence-electron chi connectivity index (χ2n) is 4.54. The van der Waals surface area contributed by atoms with E-state index in [2.05, 4.69) is 46.5 Å². The highest BCUT2D eigenvalue weighted by Crippen LogP contribution is 2.30. The molecule has 5 heteroatoms. The van der Waals surface area contributed by atoms with Crippen LogP contribution in [0, 0.1) is 0 Å². The number of thiophene rings is 1. The van der Waals surface area contributed by atoms with E-state index in [0.717, 1.165) is 28.6 Å². The highest BCUT2D eigenvalue weighted by Gasteiger charge is 2.13. The van der Waals surface area contributed by atoms with Crippen molar-refractivity contribution in [1.29, 1.82) is 0 Å². The van der Waals surface area contributed by atoms with Crippen LogP contribution in [-0.2, 0) is 12.8 Å². The SMILES string of the molecule is CCc1ccc(CC(NN)c2ccc(OC)c(Br)c2)s1. The molecule has 108 valence electrons. The summed E-state index contributed by atoms with van der Waals surface area (Å²) in [7, 11) is 1.66. The predicted molar refractivity (Wildman–Crippen MR) is 88.2 cm³/mol. The van der Waals surface area contributed by atoms with Gasteiger partial charge in [-0.25, -0.2) is 0 Å². The second kappa shape index (κ2) is 7.22. The third-order valence-electron chi connectivity index (χ3n) is 3.25. The molecule has 1 aromatic heterocycles. The van der Waals surface area contributed by atoms with E-state index in [0.29, 0.717) is 0 Å². The normalized spacial score (nSPS) is 12.4. The highest BCUT2D eigenvalue weighted by molar-refractivity contribution is 9.10. The zero-order valence-corrected chi connectivity index (χ0v) is 14.1. The van der Waals surface area contributed by atoms with Crippen molar-refractivity contribution in [3.63, 3.8) is 0 Å². The number of hydrogen-bond acceptors (Lipinski definition) is 4. The monoisotopic (exact) mass is 354 g/mol. The Kier molecular flexibility index (Phi) is 5.60. The molecule has 0 fully saturated rings. The zero-order valence-electron chi connectivity index (χ0n) is 11.7. The maximum Gasteiger partial charge on any atom is 0.133 e. The summed E-state index contributed by atoms with van der Waals surface area (Å²) in [4.78, 5) is 2.75. The van der Waals surface area contributed by atoms with E-state index in [9.17, 15) is 0 Å². The van der Waals surface area contributed by atoms with E-state index in [1.807, 2.05) is 23.5 Å². The van der Waals surface area contributed by atoms with Crippen LogP contribution in [0.5, 0.6) is 5.75 Å². The summed E-state index contributed by atoms with van der Waals surface area (Å²) in [6.07, 6.45) is 1.97. The molecule has 1 aromatic carbocycles. The van der Waals surface area contributed by atoms with Crippen LogP contribution in [0.4, 0.5) is 0 Å². The Morgan fingerprint density at radius 1 is 1.30 bits per heavy atom. The lowest BCUT2D eigenvalue weighted by Gasteiger charge is -2.16. The quantitative estimate of drug-likeness (QED) is 0.612. The third kappa shape index (κ3) is 3.61. The number of hydrazine groups is 1. The van der Waals surface area contributed by atoms with Crippen LogP contribution < -0.4 is 16.0 Å². The first-order valence-electron chi connectivity index (χ1n) is 6.55. The molecule has 20 heavy (non-hydrogen) atoms. The van der Waals surface area contributed by atoms with Gasteiger partial charge >= 0.3 is 0 Å². The van der Waals surface area contributed by atoms with Gasteiger partial charge in [-0.2, -0.15) is 0 Å². The molecule has 1 unspecified atom stereocenters. The van der Waals surface area contributed by atoms with Crippen LogP contribution in [0.2, 0.25) is 0 Å². The van der Waals surface area contributed by atoms with Crippen molar-refractivity contribution in [3.8, 4) is 5.75 Å². The minimum absolute atomic E-state index is 0.0977. The minimum Gasteiger partial charge on any atom is -0.496 e. The van der Waals surface area contributed by atoms with Gasteiger partial charge in [0, 0.05) is 16.2 Å². The molecule has 2 rings (SSSR count). The first-order valence-corrected chi connectivity index (χ1v) is 8.16. The molecular formula is C15H19BrN2OS. The number of halogens is 1. The maximum absolute atomic E-state index is 5.72. The number of nitrogens with two attached hydrogens (primary N) is 1. The van der Waals surface area contributed by atoms with Gasteiger partial charge in [-0.3, -0.25) is 11.3 Å². The Balaban J connectivity index is 2.17. The molecule has 2 aromatic rings. The first kappa shape index (κ1) is 15.5. The molecule has 3 nitrogen and oxygen atoms in total. The van der Waals surface area contributed by atoms with E-state index < -0.39 is 0 Å². The maximum atomic E-state index is 5.72. The minimum atomic E-state index is 0.0977. The van der Waals surface area contributed by atoms with Crippen molar-refractivity contribution in [2.24, 2.45) is 5.84 Å². The number of aryl methyl sites for hydroxylation is 1. The van der Waals surface area contributed by atoms with Crippen LogP contribution in [0.3, 0.4) is 0 Å². The summed E-state index contributed by atoms with van der Waals surface area (Å²) in [5.74, 6) is 6.55. The van der Waals surface area contributed by atoms with Gasteiger partial charge < -0.3 is 4.74 Å². The molecule has 1 atom stereocenters. The topological polar surface area (TPSA) is 47.3 Å². The number of nitrogens with one attached hydrogen (secondary N) is 1. The van der Waals surface area contributed by atoms with Crippen molar-refractivity contribution in [2.75, 3.05) is 7.11 Å². The third-order valence-corrected chi connectivity index (χ3v) is 5.12. The fraction of sp³-hybridized carbons (Fsp3) is 0.333. The van der Waals surface area contributed by atoms with Gasteiger partial charge in [-0.05, 0) is 52.2 Å². The van der Waals surface area contributed by atoms with Crippen LogP contribution >= 0.6 is 27.3 Å². The summed E-state index contributed by atoms with van der Waals surface area (Å²) in [5.41, 5.74) is 4.05. The highest BCUT2D eigenvalue weighted by atomic mass is 79.9. The lowest BCUT2D eigenvalue weighted by molar-refractivity contribution is 0.411. The molecule has 1 heterocycles. The van der Waals surface area contributed by atoms with Crippen molar-refractivity contribution < 1.29 is 4.74 Å². The molecule has 0 bridgehead atoms. The number of hydrogen-bond donors (Lipinski definition) is 2. The van der Waals surface area contributed by atoms with Crippen molar-refractivity contribution in [1.82, 2.24) is 5.43 Å². The number of benzene rings is 1. The van der Waals surface area contributed by atoms with Gasteiger partial charge in [0.2, 0.25) is 0 Å². The molecular weight excluding hydrogens is 336 g/mol. The summed E-state index contributed by atoms with van der Waals surface area (Å²) in [5, 5.41) is 0. The number of rotatable bonds is 6. The summed E-state index contributed by atoms with van der Waals surface area (Å²) >= 11 is 5.37. The second-order valence-corrected chi connectivity index (χ2v) is 6.65. The average molecular weight is 355 g/mol. The van der Waals surface area contributed by atoms with Crippen molar-refractivity contribution >= 4 is 27.3 Å². The molecule has 0 saturated heterocycles. The Labute approximate surface area is 132 Å². The van der Waals surface area contributed by atoms with E-state index in [1.54, 1.807) is 7.11 Å². The molecule has 0 aliphatic rings. The predicted octanol–water partition coefficient (Wildman–Crippen LogP) is 3.83. The molecule has 0 radical (unpaired) electrons. The standard InChI is InChI=1S/C15H19BrN2OS/c1-3-11-5-6-12(20-11)9-14(18-17)10-4-7-15(19-2)13(16)8-10/h4-8,14,18H,3,9,17H2,1-2H3. The van der Waals surface area contributed by atoms with Crippen LogP contribution in [-0.4, -0.2) is 7.11 Å². The molecule has 0 spiro atoms. The fourth-order valence-corrected chi connectivity index (χ4v) is 3.66. The Morgan fingerprint density at radius 3 is 2.60 bits per heavy atom. The lowest BCUT2D eigenvalue weighted by Crippen LogP contribution is -2.29. The van der Waals surface area contributed by atoms with Crippen LogP contribution in [0.1, 0.15) is 28.3 Å². The van der Waals surface area contributed by atoms with Gasteiger partial charge in [-0.15, -0.1) is 11.3 Å². The van der Waals surface area contributed by atoms with Gasteiger partial charge in [0.05, 0.1) is 17.6 Å². The Bertz CT molecular complexity index is 571. The summed E-state index contributed by atoms with van der Waals surface area (Å²) in [6, 6.07) is 10.5. The van der Waals surface area contributed by atoms with Gasteiger partial charge in [0.15, 0.2) is 0 Å². The first-order chi connectivity index (χ1) is 9.67. The molecule has 0 aliphatic heterocycles. The van der Waals surface area contributed by atoms with E-state index >= 15 is 0 Å². The fourth-order valence-electron chi connectivity index (χ4n) is 2.10. The Hall–Kier alpha value is -0.880. The molecule has 0 saturated carbocycles. The van der Waals surface area contributed by atoms with Gasteiger partial charge in [0.1, 0.15) is 5.75 Å². The number of ether oxygens (including phenoxy) is 1. The smallest absolute Gasteiger partial charge is 0.133 e. The summed E-state index contributed by atoms with van der Waals surface area (Å²) in [6.45, 7) is 2.18. The summed E-state index contributed by atoms with van der Waals surface area (Å²) < 4.78 is 6.20. The molecule has 0 aliphatic carbocycles. The van der Waals surface area contributed by atoms with Gasteiger partial charge in [-0.1, -0.05) is 13.0 Å². The van der Waals surface area contributed by atoms with Crippen LogP contribution in [0.25, 0.3) is 0 Å². The largest absolute Gasteiger partial charge is 0.496 e. The Morgan fingerprint density at radius 2 is 2.05 bits per heavy atom. The average Bonchev–Trinajstić information content (AvgIpc) is 2.92. The van der Waals surface area contributed by atoms with E-state index in [-0.39, 0.29) is 6.04 Å². The van der Waals surface area contributed by atoms with Crippen molar-refractivity contribution in [3.05, 3.63) is 50.1 Å².